The maximum Gasteiger partial charge on any atom is 0.211 e. The summed E-state index contributed by atoms with van der Waals surface area (Å²) in [4.78, 5) is 0. The summed E-state index contributed by atoms with van der Waals surface area (Å²) in [6, 6.07) is 18.0. The zero-order chi connectivity index (χ0) is 15.1. The van der Waals surface area contributed by atoms with Crippen LogP contribution in [0.25, 0.3) is 6.08 Å². The van der Waals surface area contributed by atoms with Crippen molar-refractivity contribution >= 4 is 17.7 Å². The minimum Gasteiger partial charge on any atom is -0.369 e. The summed E-state index contributed by atoms with van der Waals surface area (Å²) in [6.07, 6.45) is 3.87. The molecular formula is C17H18N4. The van der Waals surface area contributed by atoms with Crippen molar-refractivity contribution in [2.75, 3.05) is 0 Å². The molecule has 0 amide bonds. The molecule has 0 fully saturated rings. The van der Waals surface area contributed by atoms with Gasteiger partial charge in [-0.1, -0.05) is 66.2 Å². The molecule has 0 saturated heterocycles. The normalized spacial score (nSPS) is 11.6. The van der Waals surface area contributed by atoms with E-state index in [2.05, 4.69) is 10.2 Å². The molecule has 0 aliphatic rings. The van der Waals surface area contributed by atoms with Crippen molar-refractivity contribution in [1.29, 1.82) is 0 Å². The summed E-state index contributed by atoms with van der Waals surface area (Å²) in [5, 5.41) is 7.85. The van der Waals surface area contributed by atoms with Gasteiger partial charge in [0, 0.05) is 5.56 Å². The van der Waals surface area contributed by atoms with E-state index in [0.29, 0.717) is 5.71 Å². The van der Waals surface area contributed by atoms with Crippen molar-refractivity contribution in [3.63, 3.8) is 0 Å². The zero-order valence-electron chi connectivity index (χ0n) is 11.9. The second kappa shape index (κ2) is 7.05. The molecule has 0 atom stereocenters. The van der Waals surface area contributed by atoms with Gasteiger partial charge in [0.1, 0.15) is 0 Å². The molecule has 21 heavy (non-hydrogen) atoms. The van der Waals surface area contributed by atoms with E-state index in [1.165, 1.54) is 5.56 Å². The summed E-state index contributed by atoms with van der Waals surface area (Å²) in [5.74, 6) is -0.0623. The molecule has 4 N–H and O–H groups in total. The lowest BCUT2D eigenvalue weighted by molar-refractivity contribution is 1.20. The average Bonchev–Trinajstić information content (AvgIpc) is 2.49. The lowest BCUT2D eigenvalue weighted by Crippen LogP contribution is -2.22. The second-order valence-corrected chi connectivity index (χ2v) is 4.62. The highest BCUT2D eigenvalue weighted by molar-refractivity contribution is 6.10. The number of guanidine groups is 1. The molecule has 0 radical (unpaired) electrons. The van der Waals surface area contributed by atoms with Crippen molar-refractivity contribution in [2.45, 2.75) is 6.92 Å². The molecule has 0 aliphatic heterocycles. The van der Waals surface area contributed by atoms with Gasteiger partial charge in [-0.05, 0) is 18.6 Å². The highest BCUT2D eigenvalue weighted by Crippen LogP contribution is 2.09. The second-order valence-electron chi connectivity index (χ2n) is 4.62. The topological polar surface area (TPSA) is 76.8 Å². The Morgan fingerprint density at radius 2 is 1.57 bits per heavy atom. The molecule has 2 aromatic carbocycles. The number of hydrogen-bond acceptors (Lipinski definition) is 2. The molecule has 0 spiro atoms. The average molecular weight is 278 g/mol. The number of nitrogens with zero attached hydrogens (tertiary/aromatic N) is 2. The van der Waals surface area contributed by atoms with Gasteiger partial charge < -0.3 is 11.5 Å². The van der Waals surface area contributed by atoms with E-state index in [-0.39, 0.29) is 5.96 Å². The molecule has 0 saturated carbocycles. The van der Waals surface area contributed by atoms with Crippen LogP contribution >= 0.6 is 0 Å². The van der Waals surface area contributed by atoms with E-state index in [1.807, 2.05) is 73.7 Å². The predicted octanol–water partition coefficient (Wildman–Crippen LogP) is 2.69. The number of nitrogens with two attached hydrogens (primary N) is 2. The number of hydrogen-bond donors (Lipinski definition) is 2. The first-order valence-corrected chi connectivity index (χ1v) is 6.62. The number of benzene rings is 2. The largest absolute Gasteiger partial charge is 0.369 e. The molecule has 2 aromatic rings. The fourth-order valence-corrected chi connectivity index (χ4v) is 1.76. The van der Waals surface area contributed by atoms with Gasteiger partial charge in [-0.3, -0.25) is 0 Å². The Hall–Kier alpha value is -2.88. The first-order chi connectivity index (χ1) is 10.1. The van der Waals surface area contributed by atoms with Crippen LogP contribution in [0.4, 0.5) is 0 Å². The Labute approximate surface area is 124 Å². The van der Waals surface area contributed by atoms with Gasteiger partial charge in [0.05, 0.1) is 5.71 Å². The lowest BCUT2D eigenvalue weighted by atomic mass is 10.1. The third-order valence-electron chi connectivity index (χ3n) is 2.85. The minimum absolute atomic E-state index is 0.0623. The Bertz CT molecular complexity index is 664. The summed E-state index contributed by atoms with van der Waals surface area (Å²) in [6.45, 7) is 2.04. The smallest absolute Gasteiger partial charge is 0.211 e. The number of aryl methyl sites for hydroxylation is 1. The van der Waals surface area contributed by atoms with Crippen molar-refractivity contribution in [3.05, 3.63) is 77.4 Å². The molecule has 4 heteroatoms. The third kappa shape index (κ3) is 4.62. The highest BCUT2D eigenvalue weighted by atomic mass is 15.3. The molecule has 0 bridgehead atoms. The lowest BCUT2D eigenvalue weighted by Gasteiger charge is -2.01. The van der Waals surface area contributed by atoms with E-state index in [0.717, 1.165) is 11.1 Å². The molecule has 0 heterocycles. The monoisotopic (exact) mass is 278 g/mol. The summed E-state index contributed by atoms with van der Waals surface area (Å²) in [7, 11) is 0. The van der Waals surface area contributed by atoms with Gasteiger partial charge in [-0.25, -0.2) is 0 Å². The van der Waals surface area contributed by atoms with Crippen LogP contribution < -0.4 is 11.5 Å². The molecule has 0 unspecified atom stereocenters. The van der Waals surface area contributed by atoms with Crippen LogP contribution in [0.3, 0.4) is 0 Å². The van der Waals surface area contributed by atoms with E-state index >= 15 is 0 Å². The van der Waals surface area contributed by atoms with E-state index in [4.69, 9.17) is 11.5 Å². The highest BCUT2D eigenvalue weighted by Gasteiger charge is 2.00. The molecule has 106 valence electrons. The Balaban J connectivity index is 2.33. The van der Waals surface area contributed by atoms with E-state index in [9.17, 15) is 0 Å². The van der Waals surface area contributed by atoms with Gasteiger partial charge in [0.2, 0.25) is 5.96 Å². The van der Waals surface area contributed by atoms with E-state index < -0.39 is 0 Å². The van der Waals surface area contributed by atoms with E-state index in [1.54, 1.807) is 0 Å². The fourth-order valence-electron chi connectivity index (χ4n) is 1.76. The summed E-state index contributed by atoms with van der Waals surface area (Å²) >= 11 is 0. The van der Waals surface area contributed by atoms with Crippen LogP contribution in [0.1, 0.15) is 16.7 Å². The van der Waals surface area contributed by atoms with Gasteiger partial charge in [0.25, 0.3) is 0 Å². The quantitative estimate of drug-likeness (QED) is 0.512. The molecular weight excluding hydrogens is 260 g/mol. The number of allylic oxidation sites excluding steroid dienone is 1. The van der Waals surface area contributed by atoms with Crippen molar-refractivity contribution in [3.8, 4) is 0 Å². The molecule has 2 rings (SSSR count). The van der Waals surface area contributed by atoms with Crippen molar-refractivity contribution in [2.24, 2.45) is 21.7 Å². The number of rotatable bonds is 4. The van der Waals surface area contributed by atoms with Crippen LogP contribution in [-0.4, -0.2) is 11.7 Å². The zero-order valence-corrected chi connectivity index (χ0v) is 11.9. The van der Waals surface area contributed by atoms with Gasteiger partial charge in [-0.15, -0.1) is 10.2 Å². The first kappa shape index (κ1) is 14.5. The molecule has 0 aliphatic carbocycles. The minimum atomic E-state index is -0.0623. The van der Waals surface area contributed by atoms with Gasteiger partial charge >= 0.3 is 0 Å². The van der Waals surface area contributed by atoms with Crippen molar-refractivity contribution < 1.29 is 0 Å². The van der Waals surface area contributed by atoms with Crippen LogP contribution in [-0.2, 0) is 0 Å². The molecule has 0 aromatic heterocycles. The van der Waals surface area contributed by atoms with Crippen LogP contribution in [0.15, 0.2) is 70.9 Å². The maximum absolute atomic E-state index is 5.35. The first-order valence-electron chi connectivity index (χ1n) is 6.62. The predicted molar refractivity (Wildman–Crippen MR) is 89.0 cm³/mol. The van der Waals surface area contributed by atoms with Crippen LogP contribution in [0.2, 0.25) is 0 Å². The Morgan fingerprint density at radius 3 is 2.19 bits per heavy atom. The fraction of sp³-hybridized carbons (Fsp3) is 0.0588. The SMILES string of the molecule is Cc1ccc(C(/C=C/c2ccccc2)=N/N=C(N)N)cc1. The standard InChI is InChI=1S/C17H18N4/c1-13-7-10-15(11-8-13)16(20-21-17(18)19)12-9-14-5-3-2-4-6-14/h2-12H,1H3,(H4,18,19,21)/b12-9+,20-16+. The summed E-state index contributed by atoms with van der Waals surface area (Å²) in [5.41, 5.74) is 14.6. The third-order valence-corrected chi connectivity index (χ3v) is 2.85. The molecule has 4 nitrogen and oxygen atoms in total. The van der Waals surface area contributed by atoms with Crippen molar-refractivity contribution in [1.82, 2.24) is 0 Å². The maximum atomic E-state index is 5.35. The summed E-state index contributed by atoms with van der Waals surface area (Å²) < 4.78 is 0. The Kier molecular flexibility index (Phi) is 4.88. The van der Waals surface area contributed by atoms with Gasteiger partial charge in [0.15, 0.2) is 0 Å². The van der Waals surface area contributed by atoms with Gasteiger partial charge in [-0.2, -0.15) is 0 Å². The Morgan fingerprint density at radius 1 is 0.905 bits per heavy atom. The van der Waals surface area contributed by atoms with Crippen LogP contribution in [0, 0.1) is 6.92 Å². The van der Waals surface area contributed by atoms with Crippen LogP contribution in [0.5, 0.6) is 0 Å².